The summed E-state index contributed by atoms with van der Waals surface area (Å²) in [6, 6.07) is 12.6. The molecule has 0 N–H and O–H groups in total. The highest BCUT2D eigenvalue weighted by atomic mass is 16.5. The van der Waals surface area contributed by atoms with Crippen LogP contribution >= 0.6 is 0 Å². The largest absolute Gasteiger partial charge is 0.497 e. The number of esters is 1. The second kappa shape index (κ2) is 7.87. The Balaban J connectivity index is 1.44. The second-order valence-electron chi connectivity index (χ2n) is 6.78. The summed E-state index contributed by atoms with van der Waals surface area (Å²) in [7, 11) is 3.03. The van der Waals surface area contributed by atoms with E-state index in [2.05, 4.69) is 5.16 Å². The van der Waals surface area contributed by atoms with Crippen molar-refractivity contribution in [3.05, 3.63) is 59.3 Å². The quantitative estimate of drug-likeness (QED) is 0.583. The molecule has 2 aromatic carbocycles. The zero-order chi connectivity index (χ0) is 20.4. The van der Waals surface area contributed by atoms with Gasteiger partial charge in [0.1, 0.15) is 41.2 Å². The molecule has 0 aliphatic carbocycles. The molecule has 0 amide bonds. The van der Waals surface area contributed by atoms with Gasteiger partial charge in [-0.1, -0.05) is 5.16 Å². The van der Waals surface area contributed by atoms with Crippen molar-refractivity contribution in [1.82, 2.24) is 5.16 Å². The van der Waals surface area contributed by atoms with Crippen LogP contribution in [0.2, 0.25) is 0 Å². The van der Waals surface area contributed by atoms with Gasteiger partial charge in [-0.25, -0.2) is 4.79 Å². The fourth-order valence-corrected chi connectivity index (χ4v) is 3.28. The zero-order valence-corrected chi connectivity index (χ0v) is 16.4. The highest BCUT2D eigenvalue weighted by Crippen LogP contribution is 2.33. The predicted octanol–water partition coefficient (Wildman–Crippen LogP) is 4.04. The van der Waals surface area contributed by atoms with E-state index < -0.39 is 5.97 Å². The first-order chi connectivity index (χ1) is 14.1. The van der Waals surface area contributed by atoms with Crippen LogP contribution in [0.4, 0.5) is 0 Å². The number of methoxy groups -OCH3 is 2. The van der Waals surface area contributed by atoms with Crippen molar-refractivity contribution >= 4 is 5.97 Å². The number of benzene rings is 2. The molecule has 0 radical (unpaired) electrons. The topological polar surface area (TPSA) is 80.0 Å². The smallest absolute Gasteiger partial charge is 0.342 e. The molecule has 1 atom stereocenters. The summed E-state index contributed by atoms with van der Waals surface area (Å²) in [4.78, 5) is 12.4. The highest BCUT2D eigenvalue weighted by Gasteiger charge is 2.20. The lowest BCUT2D eigenvalue weighted by molar-refractivity contribution is 0.0460. The maximum atomic E-state index is 12.4. The van der Waals surface area contributed by atoms with Crippen molar-refractivity contribution in [1.29, 1.82) is 0 Å². The molecule has 0 fully saturated rings. The van der Waals surface area contributed by atoms with Gasteiger partial charge in [0.15, 0.2) is 5.76 Å². The molecule has 3 aromatic rings. The van der Waals surface area contributed by atoms with Gasteiger partial charge in [0.25, 0.3) is 0 Å². The average Bonchev–Trinajstić information content (AvgIpc) is 3.36. The van der Waals surface area contributed by atoms with E-state index >= 15 is 0 Å². The molecule has 0 saturated heterocycles. The van der Waals surface area contributed by atoms with E-state index in [0.717, 1.165) is 23.3 Å². The third-order valence-electron chi connectivity index (χ3n) is 4.72. The normalized spacial score (nSPS) is 14.8. The van der Waals surface area contributed by atoms with Crippen molar-refractivity contribution < 1.29 is 28.3 Å². The fourth-order valence-electron chi connectivity index (χ4n) is 3.28. The van der Waals surface area contributed by atoms with E-state index in [4.69, 9.17) is 23.5 Å². The van der Waals surface area contributed by atoms with Gasteiger partial charge in [-0.05, 0) is 42.8 Å². The minimum Gasteiger partial charge on any atom is -0.497 e. The predicted molar refractivity (Wildman–Crippen MR) is 104 cm³/mol. The van der Waals surface area contributed by atoms with Crippen LogP contribution in [0.15, 0.2) is 47.0 Å². The number of hydrogen-bond donors (Lipinski definition) is 0. The molecule has 150 valence electrons. The lowest BCUT2D eigenvalue weighted by Gasteiger charge is -2.09. The Bertz CT molecular complexity index is 1040. The second-order valence-corrected chi connectivity index (χ2v) is 6.78. The Morgan fingerprint density at radius 3 is 2.79 bits per heavy atom. The SMILES string of the molecule is COc1ccc(C(=O)OCc2cc(-c3ccc4c(c3)CC(C)O4)on2)c(OC)c1. The molecule has 0 bridgehead atoms. The van der Waals surface area contributed by atoms with Crippen molar-refractivity contribution in [3.63, 3.8) is 0 Å². The number of nitrogens with zero attached hydrogens (tertiary/aromatic N) is 1. The van der Waals surface area contributed by atoms with Crippen LogP contribution in [-0.4, -0.2) is 31.4 Å². The van der Waals surface area contributed by atoms with Crippen molar-refractivity contribution in [2.45, 2.75) is 26.1 Å². The van der Waals surface area contributed by atoms with E-state index in [1.807, 2.05) is 25.1 Å². The summed E-state index contributed by atoms with van der Waals surface area (Å²) in [6.45, 7) is 2.03. The number of ether oxygens (including phenoxy) is 4. The summed E-state index contributed by atoms with van der Waals surface area (Å²) in [5, 5.41) is 4.00. The third-order valence-corrected chi connectivity index (χ3v) is 4.72. The molecular formula is C22H21NO6. The molecule has 0 saturated carbocycles. The number of carbonyl (C=O) groups excluding carboxylic acids is 1. The number of hydrogen-bond acceptors (Lipinski definition) is 7. The maximum Gasteiger partial charge on any atom is 0.342 e. The lowest BCUT2D eigenvalue weighted by Crippen LogP contribution is -2.07. The molecule has 1 aliphatic heterocycles. The van der Waals surface area contributed by atoms with Gasteiger partial charge in [-0.15, -0.1) is 0 Å². The Kier molecular flexibility index (Phi) is 5.12. The first-order valence-corrected chi connectivity index (χ1v) is 9.22. The van der Waals surface area contributed by atoms with Crippen LogP contribution < -0.4 is 14.2 Å². The average molecular weight is 395 g/mol. The molecule has 4 rings (SSSR count). The molecule has 0 spiro atoms. The van der Waals surface area contributed by atoms with Crippen LogP contribution in [0.3, 0.4) is 0 Å². The lowest BCUT2D eigenvalue weighted by atomic mass is 10.1. The molecule has 7 nitrogen and oxygen atoms in total. The Morgan fingerprint density at radius 1 is 1.14 bits per heavy atom. The van der Waals surface area contributed by atoms with Crippen LogP contribution in [0, 0.1) is 0 Å². The minimum absolute atomic E-state index is 0.0113. The van der Waals surface area contributed by atoms with Crippen LogP contribution in [0.25, 0.3) is 11.3 Å². The van der Waals surface area contributed by atoms with Crippen molar-refractivity contribution in [2.75, 3.05) is 14.2 Å². The summed E-state index contributed by atoms with van der Waals surface area (Å²) in [6.07, 6.45) is 1.05. The summed E-state index contributed by atoms with van der Waals surface area (Å²) < 4.78 is 26.9. The summed E-state index contributed by atoms with van der Waals surface area (Å²) >= 11 is 0. The monoisotopic (exact) mass is 395 g/mol. The van der Waals surface area contributed by atoms with Crippen LogP contribution in [0.5, 0.6) is 17.2 Å². The number of fused-ring (bicyclic) bond motifs is 1. The van der Waals surface area contributed by atoms with Crippen molar-refractivity contribution in [3.8, 4) is 28.6 Å². The molecule has 1 aliphatic rings. The van der Waals surface area contributed by atoms with Crippen molar-refractivity contribution in [2.24, 2.45) is 0 Å². The molecule has 1 unspecified atom stereocenters. The van der Waals surface area contributed by atoms with Gasteiger partial charge in [-0.3, -0.25) is 0 Å². The fraction of sp³-hybridized carbons (Fsp3) is 0.273. The Labute approximate surface area is 168 Å². The molecule has 2 heterocycles. The summed E-state index contributed by atoms with van der Waals surface area (Å²) in [5.41, 5.74) is 2.88. The number of carbonyl (C=O) groups is 1. The molecule has 1 aromatic heterocycles. The third kappa shape index (κ3) is 3.89. The minimum atomic E-state index is -0.516. The van der Waals surface area contributed by atoms with E-state index in [-0.39, 0.29) is 12.7 Å². The number of aromatic nitrogens is 1. The zero-order valence-electron chi connectivity index (χ0n) is 16.4. The van der Waals surface area contributed by atoms with Gasteiger partial charge in [0.05, 0.1) is 14.2 Å². The molecule has 29 heavy (non-hydrogen) atoms. The number of rotatable bonds is 6. The van der Waals surface area contributed by atoms with E-state index in [9.17, 15) is 4.79 Å². The molecule has 7 heteroatoms. The Hall–Kier alpha value is -3.48. The van der Waals surface area contributed by atoms with Crippen LogP contribution in [-0.2, 0) is 17.8 Å². The summed E-state index contributed by atoms with van der Waals surface area (Å²) in [5.74, 6) is 1.97. The van der Waals surface area contributed by atoms with E-state index in [0.29, 0.717) is 28.5 Å². The standard InChI is InChI=1S/C22H21NO6/c1-13-8-15-9-14(4-7-19(15)28-13)20-10-16(23-29-20)12-27-22(24)18-6-5-17(25-2)11-21(18)26-3/h4-7,9-11,13H,8,12H2,1-3H3. The van der Waals surface area contributed by atoms with Crippen LogP contribution in [0.1, 0.15) is 28.5 Å². The Morgan fingerprint density at radius 2 is 2.00 bits per heavy atom. The van der Waals surface area contributed by atoms with Gasteiger partial charge < -0.3 is 23.5 Å². The van der Waals surface area contributed by atoms with E-state index in [1.54, 1.807) is 31.4 Å². The maximum absolute atomic E-state index is 12.4. The first-order valence-electron chi connectivity index (χ1n) is 9.22. The van der Waals surface area contributed by atoms with E-state index in [1.165, 1.54) is 7.11 Å². The molecular weight excluding hydrogens is 374 g/mol. The van der Waals surface area contributed by atoms with Gasteiger partial charge in [-0.2, -0.15) is 0 Å². The van der Waals surface area contributed by atoms with Gasteiger partial charge >= 0.3 is 5.97 Å². The van der Waals surface area contributed by atoms with Gasteiger partial charge in [0.2, 0.25) is 0 Å². The van der Waals surface area contributed by atoms with Gasteiger partial charge in [0, 0.05) is 24.1 Å². The first kappa shape index (κ1) is 18.9. The highest BCUT2D eigenvalue weighted by molar-refractivity contribution is 5.92.